The maximum atomic E-state index is 12.1. The Morgan fingerprint density at radius 1 is 0.611 bits per heavy atom. The summed E-state index contributed by atoms with van der Waals surface area (Å²) in [6.45, 7) is 6.59. The summed E-state index contributed by atoms with van der Waals surface area (Å²) in [5, 5.41) is 9.94. The molecule has 0 heterocycles. The van der Waals surface area contributed by atoms with Gasteiger partial charge in [0.2, 0.25) is 0 Å². The molecule has 308 valence electrons. The Hall–Kier alpha value is -2.79. The molecule has 0 bridgehead atoms. The second-order valence-corrected chi connectivity index (χ2v) is 15.5. The second-order valence-electron chi connectivity index (χ2n) is 15.5. The van der Waals surface area contributed by atoms with E-state index in [2.05, 4.69) is 62.5 Å². The zero-order valence-electron chi connectivity index (χ0n) is 35.6. The topological polar surface area (TPSA) is 59.0 Å². The summed E-state index contributed by atoms with van der Waals surface area (Å²) in [6, 6.07) is 6.00. The van der Waals surface area contributed by atoms with Crippen LogP contribution in [0.5, 0.6) is 11.5 Å². The van der Waals surface area contributed by atoms with Crippen molar-refractivity contribution >= 4 is 5.97 Å². The number of rotatable bonds is 38. The summed E-state index contributed by atoms with van der Waals surface area (Å²) in [6.07, 6.45) is 49.0. The molecule has 0 aliphatic rings. The zero-order valence-corrected chi connectivity index (χ0v) is 35.6. The number of allylic oxidation sites excluding steroid dienone is 8. The number of hydrogen-bond acceptors (Lipinski definition) is 4. The van der Waals surface area contributed by atoms with Gasteiger partial charge < -0.3 is 19.5 Å². The van der Waals surface area contributed by atoms with Gasteiger partial charge in [-0.3, -0.25) is 4.79 Å². The fourth-order valence-electron chi connectivity index (χ4n) is 6.47. The van der Waals surface area contributed by atoms with Crippen LogP contribution in [-0.4, -0.2) is 49.8 Å². The van der Waals surface area contributed by atoms with E-state index in [1.165, 1.54) is 122 Å². The zero-order chi connectivity index (χ0) is 39.2. The van der Waals surface area contributed by atoms with Gasteiger partial charge in [0.1, 0.15) is 11.5 Å². The molecule has 1 unspecified atom stereocenters. The fourth-order valence-corrected chi connectivity index (χ4v) is 6.47. The van der Waals surface area contributed by atoms with Gasteiger partial charge in [-0.1, -0.05) is 146 Å². The molecule has 1 aromatic carbocycles. The fraction of sp³-hybridized carbons (Fsp3) is 0.694. The van der Waals surface area contributed by atoms with Crippen LogP contribution in [0.15, 0.2) is 66.8 Å². The van der Waals surface area contributed by atoms with Crippen LogP contribution in [0.2, 0.25) is 0 Å². The third-order valence-corrected chi connectivity index (χ3v) is 10.00. The maximum absolute atomic E-state index is 12.1. The SMILES string of the molecule is CCCCC/C=C\C/C=C\CCCCCCCCOc1ccc(CC(CCN(C)C)C(=O)O)c(OCCCCCCCC/C=C\C/C=C\CCCCC)c1. The number of nitrogens with zero attached hydrogens (tertiary/aromatic N) is 1. The smallest absolute Gasteiger partial charge is 0.306 e. The van der Waals surface area contributed by atoms with Crippen molar-refractivity contribution in [3.8, 4) is 11.5 Å². The number of ether oxygens (including phenoxy) is 2. The molecule has 0 radical (unpaired) electrons. The molecule has 0 saturated heterocycles. The van der Waals surface area contributed by atoms with Gasteiger partial charge in [-0.2, -0.15) is 0 Å². The molecular formula is C49H83NO4. The molecular weight excluding hydrogens is 667 g/mol. The predicted molar refractivity (Wildman–Crippen MR) is 234 cm³/mol. The molecule has 5 heteroatoms. The van der Waals surface area contributed by atoms with E-state index in [4.69, 9.17) is 9.47 Å². The summed E-state index contributed by atoms with van der Waals surface area (Å²) in [7, 11) is 3.98. The van der Waals surface area contributed by atoms with Gasteiger partial charge in [0.05, 0.1) is 19.1 Å². The first-order valence-electron chi connectivity index (χ1n) is 22.3. The number of aliphatic carboxylic acids is 1. The van der Waals surface area contributed by atoms with Crippen LogP contribution in [0.3, 0.4) is 0 Å². The van der Waals surface area contributed by atoms with E-state index in [9.17, 15) is 9.90 Å². The lowest BCUT2D eigenvalue weighted by atomic mass is 9.95. The van der Waals surface area contributed by atoms with Crippen molar-refractivity contribution in [2.75, 3.05) is 33.9 Å². The van der Waals surface area contributed by atoms with Crippen LogP contribution in [0.25, 0.3) is 0 Å². The number of unbranched alkanes of at least 4 members (excludes halogenated alkanes) is 18. The molecule has 1 aromatic rings. The lowest BCUT2D eigenvalue weighted by Gasteiger charge is -2.19. The van der Waals surface area contributed by atoms with Gasteiger partial charge in [-0.25, -0.2) is 0 Å². The van der Waals surface area contributed by atoms with E-state index in [0.717, 1.165) is 55.7 Å². The molecule has 1 atom stereocenters. The van der Waals surface area contributed by atoms with E-state index in [-0.39, 0.29) is 0 Å². The minimum absolute atomic E-state index is 0.443. The minimum atomic E-state index is -0.745. The molecule has 0 fully saturated rings. The molecule has 0 saturated carbocycles. The molecule has 0 aliphatic heterocycles. The van der Waals surface area contributed by atoms with Gasteiger partial charge in [0.15, 0.2) is 0 Å². The third kappa shape index (κ3) is 30.5. The number of hydrogen-bond donors (Lipinski definition) is 1. The number of benzene rings is 1. The van der Waals surface area contributed by atoms with Crippen LogP contribution >= 0.6 is 0 Å². The van der Waals surface area contributed by atoms with Crippen LogP contribution in [0, 0.1) is 5.92 Å². The monoisotopic (exact) mass is 750 g/mol. The first-order chi connectivity index (χ1) is 26.5. The predicted octanol–water partition coefficient (Wildman–Crippen LogP) is 14.3. The van der Waals surface area contributed by atoms with Gasteiger partial charge in [-0.05, 0) is 122 Å². The summed E-state index contributed by atoms with van der Waals surface area (Å²) >= 11 is 0. The Morgan fingerprint density at radius 2 is 1.06 bits per heavy atom. The van der Waals surface area contributed by atoms with Gasteiger partial charge in [0.25, 0.3) is 0 Å². The van der Waals surface area contributed by atoms with Gasteiger partial charge in [0, 0.05) is 6.07 Å². The van der Waals surface area contributed by atoms with Crippen molar-refractivity contribution in [2.45, 2.75) is 181 Å². The quantitative estimate of drug-likeness (QED) is 0.0539. The van der Waals surface area contributed by atoms with E-state index >= 15 is 0 Å². The first-order valence-corrected chi connectivity index (χ1v) is 22.3. The van der Waals surface area contributed by atoms with Crippen LogP contribution in [0.1, 0.15) is 180 Å². The lowest BCUT2D eigenvalue weighted by molar-refractivity contribution is -0.142. The van der Waals surface area contributed by atoms with Gasteiger partial charge in [-0.15, -0.1) is 0 Å². The molecule has 5 nitrogen and oxygen atoms in total. The van der Waals surface area contributed by atoms with Crippen molar-refractivity contribution in [1.82, 2.24) is 4.90 Å². The molecule has 54 heavy (non-hydrogen) atoms. The highest BCUT2D eigenvalue weighted by molar-refractivity contribution is 5.70. The second kappa shape index (κ2) is 37.1. The van der Waals surface area contributed by atoms with Crippen molar-refractivity contribution in [3.63, 3.8) is 0 Å². The Labute approximate surface area is 333 Å². The molecule has 1 N–H and O–H groups in total. The Morgan fingerprint density at radius 3 is 1.52 bits per heavy atom. The van der Waals surface area contributed by atoms with Crippen molar-refractivity contribution < 1.29 is 19.4 Å². The van der Waals surface area contributed by atoms with Gasteiger partial charge >= 0.3 is 5.97 Å². The van der Waals surface area contributed by atoms with E-state index in [1.54, 1.807) is 0 Å². The maximum Gasteiger partial charge on any atom is 0.306 e. The Balaban J connectivity index is 2.39. The number of carbonyl (C=O) groups is 1. The summed E-state index contributed by atoms with van der Waals surface area (Å²) < 4.78 is 12.5. The highest BCUT2D eigenvalue weighted by Crippen LogP contribution is 2.29. The number of carboxylic acids is 1. The summed E-state index contributed by atoms with van der Waals surface area (Å²) in [5.74, 6) is 0.407. The van der Waals surface area contributed by atoms with Crippen LogP contribution in [-0.2, 0) is 11.2 Å². The van der Waals surface area contributed by atoms with Crippen molar-refractivity contribution in [2.24, 2.45) is 5.92 Å². The third-order valence-electron chi connectivity index (χ3n) is 10.00. The Bertz CT molecular complexity index is 1120. The van der Waals surface area contributed by atoms with Crippen LogP contribution in [0.4, 0.5) is 0 Å². The van der Waals surface area contributed by atoms with Crippen molar-refractivity contribution in [1.29, 1.82) is 0 Å². The highest BCUT2D eigenvalue weighted by atomic mass is 16.5. The Kier molecular flexibility index (Phi) is 33.9. The summed E-state index contributed by atoms with van der Waals surface area (Å²) in [5.41, 5.74) is 0.960. The van der Waals surface area contributed by atoms with Crippen molar-refractivity contribution in [3.05, 3.63) is 72.4 Å². The normalized spacial score (nSPS) is 12.7. The summed E-state index contributed by atoms with van der Waals surface area (Å²) in [4.78, 5) is 14.2. The average Bonchev–Trinajstić information content (AvgIpc) is 3.16. The lowest BCUT2D eigenvalue weighted by Crippen LogP contribution is -2.23. The molecule has 0 aromatic heterocycles. The largest absolute Gasteiger partial charge is 0.493 e. The van der Waals surface area contributed by atoms with E-state index in [1.807, 2.05) is 37.2 Å². The first kappa shape index (κ1) is 49.2. The standard InChI is InChI=1S/C49H83NO4/c1-5-7-9-11-13-15-17-19-21-23-25-27-29-31-33-35-41-53-47-38-37-45(43-46(49(51)52)39-40-50(3)4)48(44-47)54-42-36-34-32-30-28-26-24-22-20-18-16-14-12-10-8-6-2/h13-16,19-22,37-38,44,46H,5-12,17-18,23-36,39-43H2,1-4H3,(H,51,52)/b15-13-,16-14-,21-19-,22-20-. The van der Waals surface area contributed by atoms with Crippen LogP contribution < -0.4 is 9.47 Å². The number of carboxylic acid groups (broad SMARTS) is 1. The molecule has 1 rings (SSSR count). The van der Waals surface area contributed by atoms with E-state index in [0.29, 0.717) is 26.1 Å². The molecule has 0 spiro atoms. The highest BCUT2D eigenvalue weighted by Gasteiger charge is 2.20. The van der Waals surface area contributed by atoms with E-state index < -0.39 is 11.9 Å². The molecule has 0 aliphatic carbocycles. The average molecular weight is 750 g/mol. The molecule has 0 amide bonds. The minimum Gasteiger partial charge on any atom is -0.493 e.